The number of hydrogen-bond acceptors (Lipinski definition) is 6. The number of nitrogens with two attached hydrogens (primary N) is 1. The van der Waals surface area contributed by atoms with Gasteiger partial charge >= 0.3 is 5.97 Å². The summed E-state index contributed by atoms with van der Waals surface area (Å²) in [7, 11) is 1.37. The lowest BCUT2D eigenvalue weighted by Gasteiger charge is -2.36. The number of hydrogen-bond donors (Lipinski definition) is 2. The first-order chi connectivity index (χ1) is 9.13. The van der Waals surface area contributed by atoms with Crippen LogP contribution in [0.25, 0.3) is 0 Å². The summed E-state index contributed by atoms with van der Waals surface area (Å²) in [4.78, 5) is 31.5. The number of nitrogens with zero attached hydrogens (tertiary/aromatic N) is 2. The lowest BCUT2D eigenvalue weighted by Crippen LogP contribution is -2.42. The van der Waals surface area contributed by atoms with Crippen LogP contribution in [-0.4, -0.2) is 35.6 Å². The van der Waals surface area contributed by atoms with Gasteiger partial charge in [0.15, 0.2) is 5.82 Å². The summed E-state index contributed by atoms with van der Waals surface area (Å²) in [5.41, 5.74) is 5.52. The molecule has 2 rings (SSSR count). The molecule has 0 aromatic carbocycles. The molecule has 1 aromatic rings. The van der Waals surface area contributed by atoms with Gasteiger partial charge in [0.05, 0.1) is 19.9 Å². The van der Waals surface area contributed by atoms with E-state index in [1.807, 2.05) is 4.90 Å². The Kier molecular flexibility index (Phi) is 4.03. The Morgan fingerprint density at radius 2 is 2.42 bits per heavy atom. The summed E-state index contributed by atoms with van der Waals surface area (Å²) >= 11 is 0. The van der Waals surface area contributed by atoms with Crippen LogP contribution >= 0.6 is 0 Å². The summed E-state index contributed by atoms with van der Waals surface area (Å²) < 4.78 is 4.71. The van der Waals surface area contributed by atoms with Gasteiger partial charge in [0.1, 0.15) is 5.69 Å². The van der Waals surface area contributed by atoms with Crippen LogP contribution in [0.3, 0.4) is 0 Å². The van der Waals surface area contributed by atoms with Crippen molar-refractivity contribution < 1.29 is 9.53 Å². The quantitative estimate of drug-likeness (QED) is 0.762. The van der Waals surface area contributed by atoms with E-state index in [-0.39, 0.29) is 29.7 Å². The zero-order chi connectivity index (χ0) is 13.8. The maximum atomic E-state index is 11.5. The lowest BCUT2D eigenvalue weighted by molar-refractivity contribution is -0.141. The highest BCUT2D eigenvalue weighted by Crippen LogP contribution is 2.27. The van der Waals surface area contributed by atoms with Gasteiger partial charge in [-0.3, -0.25) is 9.59 Å². The fourth-order valence-corrected chi connectivity index (χ4v) is 2.40. The van der Waals surface area contributed by atoms with E-state index in [1.165, 1.54) is 13.4 Å². The van der Waals surface area contributed by atoms with E-state index in [9.17, 15) is 9.59 Å². The number of piperidine rings is 1. The molecule has 1 unspecified atom stereocenters. The Balaban J connectivity index is 2.26. The van der Waals surface area contributed by atoms with Crippen molar-refractivity contribution in [1.29, 1.82) is 0 Å². The maximum absolute atomic E-state index is 11.5. The molecular formula is C12H18N4O3. The van der Waals surface area contributed by atoms with Crippen molar-refractivity contribution in [3.8, 4) is 0 Å². The number of ether oxygens (including phenoxy) is 1. The molecule has 1 atom stereocenters. The van der Waals surface area contributed by atoms with Gasteiger partial charge in [0, 0.05) is 12.6 Å². The summed E-state index contributed by atoms with van der Waals surface area (Å²) in [6, 6.07) is -0.0159. The summed E-state index contributed by atoms with van der Waals surface area (Å²) in [5, 5.41) is 0. The second-order valence-electron chi connectivity index (χ2n) is 4.59. The lowest BCUT2D eigenvalue weighted by atomic mass is 9.99. The van der Waals surface area contributed by atoms with Gasteiger partial charge in [-0.25, -0.2) is 4.98 Å². The number of rotatable bonds is 3. The Morgan fingerprint density at radius 3 is 3.16 bits per heavy atom. The van der Waals surface area contributed by atoms with Gasteiger partial charge in [0.2, 0.25) is 0 Å². The molecule has 0 radical (unpaired) electrons. The summed E-state index contributed by atoms with van der Waals surface area (Å²) in [6.07, 6.45) is 4.51. The first-order valence-electron chi connectivity index (χ1n) is 6.30. The van der Waals surface area contributed by atoms with Crippen LogP contribution in [0.5, 0.6) is 0 Å². The molecule has 2 heterocycles. The molecule has 0 saturated carbocycles. The van der Waals surface area contributed by atoms with Crippen LogP contribution in [0.2, 0.25) is 0 Å². The van der Waals surface area contributed by atoms with Crippen LogP contribution in [0.1, 0.15) is 25.7 Å². The van der Waals surface area contributed by atoms with Gasteiger partial charge in [0.25, 0.3) is 5.56 Å². The number of carbonyl (C=O) groups is 1. The normalized spacial score (nSPS) is 19.2. The van der Waals surface area contributed by atoms with Crippen LogP contribution in [-0.2, 0) is 9.53 Å². The number of methoxy groups -OCH3 is 1. The van der Waals surface area contributed by atoms with E-state index >= 15 is 0 Å². The third kappa shape index (κ3) is 2.86. The number of aromatic amines is 1. The second kappa shape index (κ2) is 5.73. The molecule has 7 nitrogen and oxygen atoms in total. The highest BCUT2D eigenvalue weighted by atomic mass is 16.5. The van der Waals surface area contributed by atoms with Crippen LogP contribution in [0.15, 0.2) is 11.1 Å². The van der Waals surface area contributed by atoms with Crippen molar-refractivity contribution in [2.24, 2.45) is 0 Å². The number of carbonyl (C=O) groups excluding carboxylic acids is 1. The third-order valence-corrected chi connectivity index (χ3v) is 3.40. The Bertz CT molecular complexity index is 514. The SMILES string of the molecule is COC(=O)CC1CCCCN1c1nc[nH]c(=O)c1N. The number of H-pyrrole nitrogens is 1. The van der Waals surface area contributed by atoms with E-state index in [0.29, 0.717) is 5.82 Å². The van der Waals surface area contributed by atoms with E-state index in [1.54, 1.807) is 0 Å². The van der Waals surface area contributed by atoms with Gasteiger partial charge in [-0.15, -0.1) is 0 Å². The Morgan fingerprint density at radius 1 is 1.63 bits per heavy atom. The Hall–Kier alpha value is -2.05. The minimum absolute atomic E-state index is 0.0159. The molecule has 7 heteroatoms. The molecule has 3 N–H and O–H groups in total. The van der Waals surface area contributed by atoms with Crippen molar-refractivity contribution in [3.05, 3.63) is 16.7 Å². The fraction of sp³-hybridized carbons (Fsp3) is 0.583. The molecule has 0 aliphatic carbocycles. The molecule has 1 aliphatic rings. The van der Waals surface area contributed by atoms with Gasteiger partial charge < -0.3 is 20.4 Å². The molecular weight excluding hydrogens is 248 g/mol. The number of nitrogen functional groups attached to an aromatic ring is 1. The Labute approximate surface area is 110 Å². The van der Waals surface area contributed by atoms with Crippen LogP contribution in [0.4, 0.5) is 11.5 Å². The van der Waals surface area contributed by atoms with Crippen LogP contribution < -0.4 is 16.2 Å². The summed E-state index contributed by atoms with van der Waals surface area (Å²) in [5.74, 6) is 0.192. The van der Waals surface area contributed by atoms with E-state index < -0.39 is 0 Å². The number of anilines is 2. The van der Waals surface area contributed by atoms with E-state index in [0.717, 1.165) is 25.8 Å². The largest absolute Gasteiger partial charge is 0.469 e. The maximum Gasteiger partial charge on any atom is 0.307 e. The topological polar surface area (TPSA) is 101 Å². The zero-order valence-corrected chi connectivity index (χ0v) is 10.9. The molecule has 1 saturated heterocycles. The predicted octanol–water partition coefficient (Wildman–Crippen LogP) is 0.274. The second-order valence-corrected chi connectivity index (χ2v) is 4.59. The highest BCUT2D eigenvalue weighted by Gasteiger charge is 2.27. The first kappa shape index (κ1) is 13.4. The highest BCUT2D eigenvalue weighted by molar-refractivity contribution is 5.71. The molecule has 1 fully saturated rings. The molecule has 104 valence electrons. The van der Waals surface area contributed by atoms with Gasteiger partial charge in [-0.2, -0.15) is 0 Å². The summed E-state index contributed by atoms with van der Waals surface area (Å²) in [6.45, 7) is 0.738. The molecule has 1 aromatic heterocycles. The average molecular weight is 266 g/mol. The van der Waals surface area contributed by atoms with Gasteiger partial charge in [-0.1, -0.05) is 0 Å². The number of esters is 1. The smallest absolute Gasteiger partial charge is 0.307 e. The minimum atomic E-state index is -0.354. The van der Waals surface area contributed by atoms with Crippen molar-refractivity contribution in [2.75, 3.05) is 24.3 Å². The van der Waals surface area contributed by atoms with Crippen molar-refractivity contribution >= 4 is 17.5 Å². The molecule has 1 aliphatic heterocycles. The molecule has 0 amide bonds. The van der Waals surface area contributed by atoms with Gasteiger partial charge in [-0.05, 0) is 19.3 Å². The van der Waals surface area contributed by atoms with Crippen molar-refractivity contribution in [3.63, 3.8) is 0 Å². The molecule has 19 heavy (non-hydrogen) atoms. The average Bonchev–Trinajstić information content (AvgIpc) is 2.42. The number of nitrogens with one attached hydrogen (secondary N) is 1. The third-order valence-electron chi connectivity index (χ3n) is 3.40. The minimum Gasteiger partial charge on any atom is -0.469 e. The zero-order valence-electron chi connectivity index (χ0n) is 10.9. The first-order valence-corrected chi connectivity index (χ1v) is 6.30. The van der Waals surface area contributed by atoms with E-state index in [2.05, 4.69) is 9.97 Å². The van der Waals surface area contributed by atoms with E-state index in [4.69, 9.17) is 10.5 Å². The standard InChI is InChI=1S/C12H18N4O3/c1-19-9(17)6-8-4-2-3-5-16(8)11-10(13)12(18)15-7-14-11/h7-8H,2-6,13H2,1H3,(H,14,15,18). The monoisotopic (exact) mass is 266 g/mol. The number of aromatic nitrogens is 2. The van der Waals surface area contributed by atoms with Crippen molar-refractivity contribution in [2.45, 2.75) is 31.7 Å². The predicted molar refractivity (Wildman–Crippen MR) is 70.9 cm³/mol. The molecule has 0 bridgehead atoms. The van der Waals surface area contributed by atoms with Crippen LogP contribution in [0, 0.1) is 0 Å². The molecule has 0 spiro atoms. The van der Waals surface area contributed by atoms with Crippen molar-refractivity contribution in [1.82, 2.24) is 9.97 Å². The fourth-order valence-electron chi connectivity index (χ4n) is 2.40.